The van der Waals surface area contributed by atoms with E-state index >= 15 is 0 Å². The van der Waals surface area contributed by atoms with Gasteiger partial charge in [0.2, 0.25) is 0 Å². The second-order valence-corrected chi connectivity index (χ2v) is 6.84. The van der Waals surface area contributed by atoms with Crippen LogP contribution in [0.1, 0.15) is 27.2 Å². The van der Waals surface area contributed by atoms with Gasteiger partial charge in [0.25, 0.3) is 0 Å². The van der Waals surface area contributed by atoms with Gasteiger partial charge in [-0.2, -0.15) is 0 Å². The van der Waals surface area contributed by atoms with Crippen LogP contribution in [0.3, 0.4) is 0 Å². The summed E-state index contributed by atoms with van der Waals surface area (Å²) < 4.78 is 0. The largest absolute Gasteiger partial charge is 0.481 e. The molecule has 0 fully saturated rings. The molecular weight excluding hydrogens is 310 g/mol. The van der Waals surface area contributed by atoms with Gasteiger partial charge in [-0.25, -0.2) is 0 Å². The summed E-state index contributed by atoms with van der Waals surface area (Å²) >= 11 is 1.38. The summed E-state index contributed by atoms with van der Waals surface area (Å²) in [5.74, 6) is -1.46. The Morgan fingerprint density at radius 1 is 1.17 bits per heavy atom. The average molecular weight is 329 g/mol. The first-order valence-corrected chi connectivity index (χ1v) is 8.60. The highest BCUT2D eigenvalue weighted by Crippen LogP contribution is 2.23. The second kappa shape index (κ2) is 7.06. The summed E-state index contributed by atoms with van der Waals surface area (Å²) in [4.78, 5) is 26.6. The smallest absolute Gasteiger partial charge is 0.304 e. The molecule has 0 saturated heterocycles. The van der Waals surface area contributed by atoms with E-state index in [0.717, 1.165) is 19.5 Å². The molecule has 5 heteroatoms. The van der Waals surface area contributed by atoms with Gasteiger partial charge >= 0.3 is 5.97 Å². The lowest BCUT2D eigenvalue weighted by Crippen LogP contribution is -2.37. The van der Waals surface area contributed by atoms with Crippen molar-refractivity contribution in [1.29, 1.82) is 0 Å². The molecule has 1 aromatic heterocycles. The van der Waals surface area contributed by atoms with Crippen LogP contribution in [0.15, 0.2) is 41.8 Å². The Kier molecular flexibility index (Phi) is 4.88. The third kappa shape index (κ3) is 3.86. The summed E-state index contributed by atoms with van der Waals surface area (Å²) in [7, 11) is 0. The Labute approximate surface area is 139 Å². The molecular formula is C18H19NO3S. The number of hydrogen-bond donors (Lipinski definition) is 1. The fourth-order valence-corrected chi connectivity index (χ4v) is 3.84. The first kappa shape index (κ1) is 15.9. The molecule has 1 aliphatic heterocycles. The molecule has 1 aliphatic rings. The van der Waals surface area contributed by atoms with Crippen LogP contribution < -0.4 is 0 Å². The minimum Gasteiger partial charge on any atom is -0.481 e. The van der Waals surface area contributed by atoms with Crippen molar-refractivity contribution in [2.24, 2.45) is 5.92 Å². The number of hydrogen-bond acceptors (Lipinski definition) is 4. The van der Waals surface area contributed by atoms with Crippen molar-refractivity contribution in [2.45, 2.75) is 19.4 Å². The highest BCUT2D eigenvalue weighted by atomic mass is 32.1. The van der Waals surface area contributed by atoms with Crippen LogP contribution in [0.5, 0.6) is 0 Å². The fourth-order valence-electron chi connectivity index (χ4n) is 3.09. The van der Waals surface area contributed by atoms with Crippen molar-refractivity contribution in [3.05, 3.63) is 57.8 Å². The summed E-state index contributed by atoms with van der Waals surface area (Å²) in [5, 5.41) is 11.0. The van der Waals surface area contributed by atoms with E-state index in [1.165, 1.54) is 22.5 Å². The minimum atomic E-state index is -0.919. The molecule has 1 N–H and O–H groups in total. The van der Waals surface area contributed by atoms with Gasteiger partial charge in [0, 0.05) is 25.6 Å². The predicted octanol–water partition coefficient (Wildman–Crippen LogP) is 3.08. The summed E-state index contributed by atoms with van der Waals surface area (Å²) in [5.41, 5.74) is 2.62. The van der Waals surface area contributed by atoms with Gasteiger partial charge in [-0.1, -0.05) is 30.3 Å². The van der Waals surface area contributed by atoms with Gasteiger partial charge in [-0.05, 0) is 29.0 Å². The van der Waals surface area contributed by atoms with E-state index < -0.39 is 11.9 Å². The average Bonchev–Trinajstić information content (AvgIpc) is 3.07. The molecule has 2 aromatic rings. The quantitative estimate of drug-likeness (QED) is 0.828. The van der Waals surface area contributed by atoms with E-state index in [-0.39, 0.29) is 12.2 Å². The lowest BCUT2D eigenvalue weighted by Gasteiger charge is -2.31. The van der Waals surface area contributed by atoms with Crippen molar-refractivity contribution in [1.82, 2.24) is 4.90 Å². The van der Waals surface area contributed by atoms with E-state index in [1.54, 1.807) is 6.07 Å². The minimum absolute atomic E-state index is 0.0544. The molecule has 23 heavy (non-hydrogen) atoms. The normalized spacial score (nSPS) is 15.8. The number of carbonyl (C=O) groups excluding carboxylic acids is 1. The van der Waals surface area contributed by atoms with Crippen molar-refractivity contribution < 1.29 is 14.7 Å². The van der Waals surface area contributed by atoms with Crippen molar-refractivity contribution in [2.75, 3.05) is 13.1 Å². The van der Waals surface area contributed by atoms with E-state index in [2.05, 4.69) is 17.0 Å². The Bertz CT molecular complexity index is 696. The molecule has 0 saturated carbocycles. The summed E-state index contributed by atoms with van der Waals surface area (Å²) in [6.45, 7) is 2.15. The summed E-state index contributed by atoms with van der Waals surface area (Å²) in [6.07, 6.45) is 0.831. The molecule has 120 valence electrons. The monoisotopic (exact) mass is 329 g/mol. The number of fused-ring (bicyclic) bond motifs is 1. The van der Waals surface area contributed by atoms with E-state index in [0.29, 0.717) is 11.4 Å². The number of nitrogens with zero attached hydrogens (tertiary/aromatic N) is 1. The van der Waals surface area contributed by atoms with Crippen LogP contribution in [0.25, 0.3) is 0 Å². The molecule has 0 amide bonds. The van der Waals surface area contributed by atoms with Gasteiger partial charge in [0.15, 0.2) is 5.78 Å². The topological polar surface area (TPSA) is 57.6 Å². The van der Waals surface area contributed by atoms with Crippen LogP contribution in [-0.4, -0.2) is 34.8 Å². The van der Waals surface area contributed by atoms with Gasteiger partial charge < -0.3 is 5.11 Å². The maximum absolute atomic E-state index is 12.6. The second-order valence-electron chi connectivity index (χ2n) is 5.89. The molecule has 1 unspecified atom stereocenters. The Hall–Kier alpha value is -1.98. The van der Waals surface area contributed by atoms with Crippen molar-refractivity contribution in [3.8, 4) is 0 Å². The highest BCUT2D eigenvalue weighted by molar-refractivity contribution is 7.12. The molecule has 0 spiro atoms. The van der Waals surface area contributed by atoms with Crippen LogP contribution in [0.2, 0.25) is 0 Å². The molecule has 3 rings (SSSR count). The number of benzene rings is 1. The highest BCUT2D eigenvalue weighted by Gasteiger charge is 2.27. The maximum atomic E-state index is 12.6. The van der Waals surface area contributed by atoms with Crippen LogP contribution in [0.4, 0.5) is 0 Å². The lowest BCUT2D eigenvalue weighted by atomic mass is 9.95. The van der Waals surface area contributed by atoms with E-state index in [4.69, 9.17) is 5.11 Å². The van der Waals surface area contributed by atoms with E-state index in [9.17, 15) is 9.59 Å². The van der Waals surface area contributed by atoms with Gasteiger partial charge in [0.05, 0.1) is 11.3 Å². The first-order chi connectivity index (χ1) is 11.1. The number of ketones is 1. The van der Waals surface area contributed by atoms with Crippen LogP contribution >= 0.6 is 11.3 Å². The van der Waals surface area contributed by atoms with Crippen LogP contribution in [0, 0.1) is 5.92 Å². The number of Topliss-reactive ketones (excluding diaryl/α,β-unsaturated/α-hetero) is 1. The molecule has 1 atom stereocenters. The number of aliphatic carboxylic acids is 1. The number of thiophene rings is 1. The molecule has 1 aromatic carbocycles. The third-order valence-corrected chi connectivity index (χ3v) is 5.13. The number of carboxylic acids is 1. The summed E-state index contributed by atoms with van der Waals surface area (Å²) in [6, 6.07) is 11.9. The zero-order valence-electron chi connectivity index (χ0n) is 12.8. The van der Waals surface area contributed by atoms with Crippen molar-refractivity contribution >= 4 is 23.1 Å². The predicted molar refractivity (Wildman–Crippen MR) is 89.8 cm³/mol. The Balaban J connectivity index is 1.72. The number of carboxylic acid groups (broad SMARTS) is 1. The number of carbonyl (C=O) groups is 2. The van der Waals surface area contributed by atoms with Gasteiger partial charge in [0.1, 0.15) is 0 Å². The molecule has 0 radical (unpaired) electrons. The zero-order valence-corrected chi connectivity index (χ0v) is 13.6. The first-order valence-electron chi connectivity index (χ1n) is 7.72. The lowest BCUT2D eigenvalue weighted by molar-refractivity contribution is -0.137. The maximum Gasteiger partial charge on any atom is 0.304 e. The standard InChI is InChI=1S/C18H19NO3S/c20-17(21)10-15(18(22)16-6-3-9-23-16)12-19-8-7-13-4-1-2-5-14(13)11-19/h1-6,9,15H,7-8,10-12H2,(H,20,21). The molecule has 0 bridgehead atoms. The number of rotatable bonds is 6. The van der Waals surface area contributed by atoms with Crippen molar-refractivity contribution in [3.63, 3.8) is 0 Å². The van der Waals surface area contributed by atoms with Crippen LogP contribution in [-0.2, 0) is 17.8 Å². The van der Waals surface area contributed by atoms with E-state index in [1.807, 2.05) is 23.6 Å². The third-order valence-electron chi connectivity index (χ3n) is 4.24. The Morgan fingerprint density at radius 3 is 2.65 bits per heavy atom. The molecule has 2 heterocycles. The van der Waals surface area contributed by atoms with Gasteiger partial charge in [-0.15, -0.1) is 11.3 Å². The molecule has 0 aliphatic carbocycles. The Morgan fingerprint density at radius 2 is 1.96 bits per heavy atom. The zero-order chi connectivity index (χ0) is 16.2. The fraction of sp³-hybridized carbons (Fsp3) is 0.333. The SMILES string of the molecule is O=C(O)CC(CN1CCc2ccccc2C1)C(=O)c1cccs1. The van der Waals surface area contributed by atoms with Gasteiger partial charge in [-0.3, -0.25) is 14.5 Å². The molecule has 4 nitrogen and oxygen atoms in total.